The van der Waals surface area contributed by atoms with E-state index in [0.717, 1.165) is 5.39 Å². The lowest BCUT2D eigenvalue weighted by Gasteiger charge is -2.11. The van der Waals surface area contributed by atoms with Crippen molar-refractivity contribution < 1.29 is 4.39 Å². The van der Waals surface area contributed by atoms with E-state index in [4.69, 9.17) is 0 Å². The van der Waals surface area contributed by atoms with Crippen molar-refractivity contribution in [3.05, 3.63) is 46.0 Å². The molecule has 1 aromatic heterocycles. The Kier molecular flexibility index (Phi) is 3.48. The fourth-order valence-corrected chi connectivity index (χ4v) is 2.01. The molecule has 0 radical (unpaired) electrons. The summed E-state index contributed by atoms with van der Waals surface area (Å²) in [6, 6.07) is 6.90. The molecule has 0 bridgehead atoms. The molecule has 0 aliphatic heterocycles. The molecule has 0 saturated carbocycles. The fraction of sp³-hybridized carbons (Fsp3) is 0.357. The molecular weight excluding hydrogens is 231 g/mol. The topological polar surface area (TPSA) is 34.0 Å². The zero-order valence-corrected chi connectivity index (χ0v) is 10.8. The van der Waals surface area contributed by atoms with Crippen molar-refractivity contribution in [2.75, 3.05) is 0 Å². The van der Waals surface area contributed by atoms with Gasteiger partial charge < -0.3 is 9.88 Å². The fourth-order valence-electron chi connectivity index (χ4n) is 2.01. The normalized spacial score (nSPS) is 11.4. The third kappa shape index (κ3) is 2.29. The minimum atomic E-state index is -0.365. The Morgan fingerprint density at radius 1 is 1.39 bits per heavy atom. The monoisotopic (exact) mass is 248 g/mol. The molecule has 1 aromatic carbocycles. The maximum absolute atomic E-state index is 13.7. The van der Waals surface area contributed by atoms with Crippen LogP contribution in [0, 0.1) is 5.82 Å². The molecule has 0 atom stereocenters. The van der Waals surface area contributed by atoms with Crippen molar-refractivity contribution in [2.45, 2.75) is 26.4 Å². The number of hydrogen-bond donors (Lipinski definition) is 1. The van der Waals surface area contributed by atoms with Crippen LogP contribution in [0.25, 0.3) is 10.9 Å². The van der Waals surface area contributed by atoms with Crippen LogP contribution in [0.2, 0.25) is 0 Å². The van der Waals surface area contributed by atoms with E-state index >= 15 is 0 Å². The Hall–Kier alpha value is -1.68. The smallest absolute Gasteiger partial charge is 0.255 e. The summed E-state index contributed by atoms with van der Waals surface area (Å²) in [5.41, 5.74) is 0.862. The van der Waals surface area contributed by atoms with Crippen molar-refractivity contribution in [1.82, 2.24) is 9.88 Å². The summed E-state index contributed by atoms with van der Waals surface area (Å²) in [5, 5.41) is 3.95. The predicted octanol–water partition coefficient (Wildman–Crippen LogP) is 2.18. The Morgan fingerprint density at radius 2 is 2.11 bits per heavy atom. The maximum atomic E-state index is 13.7. The Bertz CT molecular complexity index is 631. The standard InChI is InChI=1S/C14H17FN2O/c1-9(2)16-8-11-7-10-5-4-6-12(15)13(10)17(3)14(11)18/h4-7,9,16H,8H2,1-3H3. The first-order chi connectivity index (χ1) is 8.50. The lowest BCUT2D eigenvalue weighted by Crippen LogP contribution is -2.29. The van der Waals surface area contributed by atoms with Crippen molar-refractivity contribution in [3.8, 4) is 0 Å². The summed E-state index contributed by atoms with van der Waals surface area (Å²) < 4.78 is 15.1. The highest BCUT2D eigenvalue weighted by molar-refractivity contribution is 5.80. The maximum Gasteiger partial charge on any atom is 0.255 e. The molecule has 3 nitrogen and oxygen atoms in total. The molecular formula is C14H17FN2O. The zero-order chi connectivity index (χ0) is 13.3. The van der Waals surface area contributed by atoms with E-state index in [-0.39, 0.29) is 11.4 Å². The van der Waals surface area contributed by atoms with Gasteiger partial charge in [0.2, 0.25) is 0 Å². The molecule has 0 saturated heterocycles. The molecule has 4 heteroatoms. The number of halogens is 1. The van der Waals surface area contributed by atoms with Crippen LogP contribution >= 0.6 is 0 Å². The van der Waals surface area contributed by atoms with Gasteiger partial charge in [-0.1, -0.05) is 26.0 Å². The second-order valence-corrected chi connectivity index (χ2v) is 4.75. The Balaban J connectivity index is 2.58. The van der Waals surface area contributed by atoms with Crippen molar-refractivity contribution >= 4 is 10.9 Å². The van der Waals surface area contributed by atoms with Crippen molar-refractivity contribution in [3.63, 3.8) is 0 Å². The first-order valence-corrected chi connectivity index (χ1v) is 6.01. The number of pyridine rings is 1. The number of nitrogens with zero attached hydrogens (tertiary/aromatic N) is 1. The van der Waals surface area contributed by atoms with E-state index in [1.165, 1.54) is 10.6 Å². The largest absolute Gasteiger partial charge is 0.310 e. The predicted molar refractivity (Wildman–Crippen MR) is 71.1 cm³/mol. The van der Waals surface area contributed by atoms with Gasteiger partial charge >= 0.3 is 0 Å². The summed E-state index contributed by atoms with van der Waals surface area (Å²) in [5.74, 6) is -0.365. The summed E-state index contributed by atoms with van der Waals surface area (Å²) in [6.45, 7) is 4.53. The molecule has 1 N–H and O–H groups in total. The minimum Gasteiger partial charge on any atom is -0.310 e. The summed E-state index contributed by atoms with van der Waals surface area (Å²) in [6.07, 6.45) is 0. The van der Waals surface area contributed by atoms with Crippen LogP contribution in [0.3, 0.4) is 0 Å². The molecule has 0 fully saturated rings. The van der Waals surface area contributed by atoms with Gasteiger partial charge in [-0.2, -0.15) is 0 Å². The molecule has 18 heavy (non-hydrogen) atoms. The first-order valence-electron chi connectivity index (χ1n) is 6.01. The number of benzene rings is 1. The number of hydrogen-bond acceptors (Lipinski definition) is 2. The quantitative estimate of drug-likeness (QED) is 0.903. The molecule has 2 aromatic rings. The molecule has 1 heterocycles. The van der Waals surface area contributed by atoms with Gasteiger partial charge in [-0.25, -0.2) is 4.39 Å². The second-order valence-electron chi connectivity index (χ2n) is 4.75. The zero-order valence-electron chi connectivity index (χ0n) is 10.8. The van der Waals surface area contributed by atoms with Gasteiger partial charge in [0, 0.05) is 30.6 Å². The number of nitrogens with one attached hydrogen (secondary N) is 1. The third-order valence-electron chi connectivity index (χ3n) is 2.96. The number of para-hydroxylation sites is 1. The van der Waals surface area contributed by atoms with Crippen LogP contribution in [-0.2, 0) is 13.6 Å². The highest BCUT2D eigenvalue weighted by Gasteiger charge is 2.09. The SMILES string of the molecule is CC(C)NCc1cc2cccc(F)c2n(C)c1=O. The molecule has 96 valence electrons. The molecule has 0 aliphatic rings. The van der Waals surface area contributed by atoms with Crippen molar-refractivity contribution in [2.24, 2.45) is 7.05 Å². The number of rotatable bonds is 3. The molecule has 2 rings (SSSR count). The summed E-state index contributed by atoms with van der Waals surface area (Å²) in [4.78, 5) is 12.1. The summed E-state index contributed by atoms with van der Waals surface area (Å²) in [7, 11) is 1.60. The lowest BCUT2D eigenvalue weighted by atomic mass is 10.1. The van der Waals surface area contributed by atoms with Crippen LogP contribution in [0.1, 0.15) is 19.4 Å². The van der Waals surface area contributed by atoms with Crippen LogP contribution in [0.15, 0.2) is 29.1 Å². The van der Waals surface area contributed by atoms with E-state index in [9.17, 15) is 9.18 Å². The van der Waals surface area contributed by atoms with Crippen LogP contribution in [0.5, 0.6) is 0 Å². The van der Waals surface area contributed by atoms with E-state index in [1.807, 2.05) is 19.9 Å². The average Bonchev–Trinajstić information content (AvgIpc) is 2.31. The summed E-state index contributed by atoms with van der Waals surface area (Å²) >= 11 is 0. The Labute approximate surface area is 105 Å². The van der Waals surface area contributed by atoms with E-state index in [2.05, 4.69) is 5.32 Å². The number of fused-ring (bicyclic) bond motifs is 1. The number of aryl methyl sites for hydroxylation is 1. The van der Waals surface area contributed by atoms with Gasteiger partial charge in [-0.15, -0.1) is 0 Å². The van der Waals surface area contributed by atoms with Gasteiger partial charge in [0.25, 0.3) is 5.56 Å². The van der Waals surface area contributed by atoms with Gasteiger partial charge in [-0.3, -0.25) is 4.79 Å². The van der Waals surface area contributed by atoms with Gasteiger partial charge in [0.05, 0.1) is 5.52 Å². The second kappa shape index (κ2) is 4.90. The molecule has 0 unspecified atom stereocenters. The van der Waals surface area contributed by atoms with Gasteiger partial charge in [0.15, 0.2) is 0 Å². The van der Waals surface area contributed by atoms with E-state index < -0.39 is 0 Å². The first kappa shape index (κ1) is 12.8. The van der Waals surface area contributed by atoms with E-state index in [1.54, 1.807) is 19.2 Å². The molecule has 0 amide bonds. The van der Waals surface area contributed by atoms with Crippen LogP contribution < -0.4 is 10.9 Å². The van der Waals surface area contributed by atoms with Crippen molar-refractivity contribution in [1.29, 1.82) is 0 Å². The van der Waals surface area contributed by atoms with Gasteiger partial charge in [0.1, 0.15) is 5.82 Å². The highest BCUT2D eigenvalue weighted by atomic mass is 19.1. The third-order valence-corrected chi connectivity index (χ3v) is 2.96. The highest BCUT2D eigenvalue weighted by Crippen LogP contribution is 2.16. The van der Waals surface area contributed by atoms with Gasteiger partial charge in [-0.05, 0) is 12.1 Å². The Morgan fingerprint density at radius 3 is 2.78 bits per heavy atom. The molecule has 0 spiro atoms. The van der Waals surface area contributed by atoms with Crippen LogP contribution in [-0.4, -0.2) is 10.6 Å². The minimum absolute atomic E-state index is 0.152. The van der Waals surface area contributed by atoms with E-state index in [0.29, 0.717) is 23.7 Å². The average molecular weight is 248 g/mol. The molecule has 0 aliphatic carbocycles. The lowest BCUT2D eigenvalue weighted by molar-refractivity contribution is 0.583. The number of aromatic nitrogens is 1. The van der Waals surface area contributed by atoms with Crippen LogP contribution in [0.4, 0.5) is 4.39 Å².